The fourth-order valence-corrected chi connectivity index (χ4v) is 6.11. The number of carbonyl (C=O) groups is 2. The van der Waals surface area contributed by atoms with Gasteiger partial charge in [0, 0.05) is 62.0 Å². The van der Waals surface area contributed by atoms with Crippen LogP contribution in [0.2, 0.25) is 0 Å². The minimum absolute atomic E-state index is 0.0406. The molecule has 1 fully saturated rings. The molecular formula is C38H43N3O9. The number of benzene rings is 3. The van der Waals surface area contributed by atoms with Crippen LogP contribution in [0.15, 0.2) is 63.8 Å². The van der Waals surface area contributed by atoms with Crippen LogP contribution in [0.1, 0.15) is 35.3 Å². The van der Waals surface area contributed by atoms with Crippen molar-refractivity contribution in [2.75, 3.05) is 79.7 Å². The summed E-state index contributed by atoms with van der Waals surface area (Å²) in [6.07, 6.45) is 1.75. The van der Waals surface area contributed by atoms with Gasteiger partial charge < -0.3 is 42.8 Å². The van der Waals surface area contributed by atoms with E-state index in [1.165, 1.54) is 28.4 Å². The third-order valence-corrected chi connectivity index (χ3v) is 8.86. The average Bonchev–Trinajstić information content (AvgIpc) is 3.15. The van der Waals surface area contributed by atoms with Gasteiger partial charge in [-0.1, -0.05) is 6.07 Å². The van der Waals surface area contributed by atoms with Crippen molar-refractivity contribution >= 4 is 40.1 Å². The molecule has 0 saturated carbocycles. The van der Waals surface area contributed by atoms with Gasteiger partial charge in [-0.15, -0.1) is 0 Å². The molecule has 1 aliphatic heterocycles. The SMILES string of the molecule is CCN(CC)c1ccc2cc(C(=O)N3CCN(C(=O)/C(=C/c4cc(OC)c(OC)c(OC)c4)c4ccc(OC)c(OC)c4)CC3)c(=O)oc2c1. The van der Waals surface area contributed by atoms with Crippen LogP contribution >= 0.6 is 0 Å². The second-order valence-electron chi connectivity index (χ2n) is 11.5. The lowest BCUT2D eigenvalue weighted by Gasteiger charge is -2.35. The van der Waals surface area contributed by atoms with Crippen molar-refractivity contribution in [3.63, 3.8) is 0 Å². The number of carbonyl (C=O) groups excluding carboxylic acids is 2. The standard InChI is InChI=1S/C38H43N3O9/c1-8-39(9-2)27-12-10-26-21-29(38(44)50-31(26)23-27)37(43)41-16-14-40(15-17-41)36(42)28(25-11-13-30(45-3)32(22-25)46-4)18-24-19-33(47-5)35(49-7)34(20-24)48-6/h10-13,18-23H,8-9,14-17H2,1-7H3/b28-18+. The second kappa shape index (κ2) is 15.7. The number of amides is 2. The topological polar surface area (TPSA) is 120 Å². The number of nitrogens with zero attached hydrogens (tertiary/aromatic N) is 3. The highest BCUT2D eigenvalue weighted by molar-refractivity contribution is 6.24. The van der Waals surface area contributed by atoms with E-state index >= 15 is 0 Å². The van der Waals surface area contributed by atoms with Crippen LogP contribution in [0.4, 0.5) is 5.69 Å². The first-order valence-corrected chi connectivity index (χ1v) is 16.4. The van der Waals surface area contributed by atoms with Gasteiger partial charge in [0.1, 0.15) is 11.1 Å². The van der Waals surface area contributed by atoms with Crippen LogP contribution in [0, 0.1) is 0 Å². The lowest BCUT2D eigenvalue weighted by atomic mass is 9.99. The summed E-state index contributed by atoms with van der Waals surface area (Å²) >= 11 is 0. The Morgan fingerprint density at radius 2 is 1.36 bits per heavy atom. The Balaban J connectivity index is 1.42. The molecule has 0 radical (unpaired) electrons. The summed E-state index contributed by atoms with van der Waals surface area (Å²) in [6.45, 7) is 6.69. The molecule has 5 rings (SSSR count). The van der Waals surface area contributed by atoms with E-state index in [2.05, 4.69) is 18.7 Å². The van der Waals surface area contributed by atoms with E-state index in [1.54, 1.807) is 59.4 Å². The van der Waals surface area contributed by atoms with E-state index in [-0.39, 0.29) is 37.6 Å². The molecule has 1 saturated heterocycles. The highest BCUT2D eigenvalue weighted by Crippen LogP contribution is 2.40. The largest absolute Gasteiger partial charge is 0.493 e. The summed E-state index contributed by atoms with van der Waals surface area (Å²) < 4.78 is 33.1. The van der Waals surface area contributed by atoms with Gasteiger partial charge in [0.2, 0.25) is 5.75 Å². The lowest BCUT2D eigenvalue weighted by molar-refractivity contribution is -0.126. The number of hydrogen-bond donors (Lipinski definition) is 0. The molecule has 0 bridgehead atoms. The Hall–Kier alpha value is -5.65. The molecule has 2 amide bonds. The van der Waals surface area contributed by atoms with Crippen molar-refractivity contribution in [2.24, 2.45) is 0 Å². The summed E-state index contributed by atoms with van der Waals surface area (Å²) in [7, 11) is 7.64. The van der Waals surface area contributed by atoms with E-state index in [9.17, 15) is 14.4 Å². The Morgan fingerprint density at radius 1 is 0.740 bits per heavy atom. The predicted molar refractivity (Wildman–Crippen MR) is 192 cm³/mol. The molecule has 12 heteroatoms. The molecule has 50 heavy (non-hydrogen) atoms. The molecular weight excluding hydrogens is 642 g/mol. The van der Waals surface area contributed by atoms with Crippen LogP contribution < -0.4 is 34.2 Å². The monoisotopic (exact) mass is 685 g/mol. The Kier molecular flexibility index (Phi) is 11.2. The second-order valence-corrected chi connectivity index (χ2v) is 11.5. The van der Waals surface area contributed by atoms with Crippen molar-refractivity contribution in [3.05, 3.63) is 81.7 Å². The predicted octanol–water partition coefficient (Wildman–Crippen LogP) is 5.21. The summed E-state index contributed by atoms with van der Waals surface area (Å²) in [5.74, 6) is 1.59. The van der Waals surface area contributed by atoms with Gasteiger partial charge in [-0.2, -0.15) is 0 Å². The number of fused-ring (bicyclic) bond motifs is 1. The quantitative estimate of drug-likeness (QED) is 0.112. The molecule has 0 atom stereocenters. The highest BCUT2D eigenvalue weighted by atomic mass is 16.5. The average molecular weight is 686 g/mol. The lowest BCUT2D eigenvalue weighted by Crippen LogP contribution is -2.51. The third-order valence-electron chi connectivity index (χ3n) is 8.86. The molecule has 4 aromatic rings. The van der Waals surface area contributed by atoms with Crippen molar-refractivity contribution < 1.29 is 37.7 Å². The van der Waals surface area contributed by atoms with E-state index in [1.807, 2.05) is 18.2 Å². The van der Waals surface area contributed by atoms with Crippen molar-refractivity contribution in [3.8, 4) is 28.7 Å². The van der Waals surface area contributed by atoms with Crippen LogP contribution in [0.3, 0.4) is 0 Å². The molecule has 1 aromatic heterocycles. The molecule has 3 aromatic carbocycles. The summed E-state index contributed by atoms with van der Waals surface area (Å²) in [5.41, 5.74) is 2.24. The Morgan fingerprint density at radius 3 is 1.94 bits per heavy atom. The van der Waals surface area contributed by atoms with Crippen LogP contribution in [0.5, 0.6) is 28.7 Å². The van der Waals surface area contributed by atoms with E-state index in [4.69, 9.17) is 28.1 Å². The molecule has 0 aliphatic carbocycles. The number of ether oxygens (including phenoxy) is 5. The number of hydrogen-bond acceptors (Lipinski definition) is 10. The Labute approximate surface area is 291 Å². The third kappa shape index (κ3) is 7.19. The molecule has 2 heterocycles. The fourth-order valence-electron chi connectivity index (χ4n) is 6.11. The number of anilines is 1. The van der Waals surface area contributed by atoms with Crippen molar-refractivity contribution in [2.45, 2.75) is 13.8 Å². The highest BCUT2D eigenvalue weighted by Gasteiger charge is 2.29. The summed E-state index contributed by atoms with van der Waals surface area (Å²) in [5, 5.41) is 0.661. The van der Waals surface area contributed by atoms with E-state index in [0.717, 1.165) is 18.8 Å². The maximum atomic E-state index is 14.3. The fraction of sp³-hybridized carbons (Fsp3) is 0.342. The van der Waals surface area contributed by atoms with Gasteiger partial charge in [0.25, 0.3) is 11.8 Å². The van der Waals surface area contributed by atoms with Crippen LogP contribution in [-0.4, -0.2) is 96.4 Å². The molecule has 0 spiro atoms. The molecule has 264 valence electrons. The molecule has 1 aliphatic rings. The maximum Gasteiger partial charge on any atom is 0.349 e. The molecule has 12 nitrogen and oxygen atoms in total. The zero-order chi connectivity index (χ0) is 35.9. The van der Waals surface area contributed by atoms with Gasteiger partial charge in [-0.25, -0.2) is 4.79 Å². The smallest absolute Gasteiger partial charge is 0.349 e. The van der Waals surface area contributed by atoms with Crippen molar-refractivity contribution in [1.29, 1.82) is 0 Å². The van der Waals surface area contributed by atoms with Crippen LogP contribution in [-0.2, 0) is 4.79 Å². The minimum Gasteiger partial charge on any atom is -0.493 e. The first-order chi connectivity index (χ1) is 24.2. The zero-order valence-corrected chi connectivity index (χ0v) is 29.5. The molecule has 0 N–H and O–H groups in total. The van der Waals surface area contributed by atoms with Crippen molar-refractivity contribution in [1.82, 2.24) is 9.80 Å². The molecule has 0 unspecified atom stereocenters. The minimum atomic E-state index is -0.693. The Bertz CT molecular complexity index is 1930. The van der Waals surface area contributed by atoms with Crippen LogP contribution in [0.25, 0.3) is 22.6 Å². The first kappa shape index (κ1) is 35.7. The maximum absolute atomic E-state index is 14.3. The number of rotatable bonds is 12. The summed E-state index contributed by atoms with van der Waals surface area (Å²) in [4.78, 5) is 46.3. The zero-order valence-electron chi connectivity index (χ0n) is 29.5. The van der Waals surface area contributed by atoms with Gasteiger partial charge in [0.15, 0.2) is 23.0 Å². The number of methoxy groups -OCH3 is 5. The van der Waals surface area contributed by atoms with E-state index in [0.29, 0.717) is 56.4 Å². The van der Waals surface area contributed by atoms with E-state index < -0.39 is 11.5 Å². The summed E-state index contributed by atoms with van der Waals surface area (Å²) in [6, 6.07) is 16.0. The van der Waals surface area contributed by atoms with Gasteiger partial charge in [-0.3, -0.25) is 9.59 Å². The first-order valence-electron chi connectivity index (χ1n) is 16.4. The van der Waals surface area contributed by atoms with Gasteiger partial charge >= 0.3 is 5.63 Å². The normalized spacial score (nSPS) is 13.2. The number of piperazine rings is 1. The van der Waals surface area contributed by atoms with Gasteiger partial charge in [-0.05, 0) is 73.5 Å². The van der Waals surface area contributed by atoms with Gasteiger partial charge in [0.05, 0.1) is 35.5 Å².